The summed E-state index contributed by atoms with van der Waals surface area (Å²) in [5.74, 6) is 1.56. The van der Waals surface area contributed by atoms with Crippen molar-refractivity contribution in [2.24, 2.45) is 0 Å². The molecule has 7 heteroatoms. The molecule has 0 saturated heterocycles. The van der Waals surface area contributed by atoms with Crippen LogP contribution < -0.4 is 9.47 Å². The minimum Gasteiger partial charge on any atom is -0.497 e. The zero-order valence-electron chi connectivity index (χ0n) is 14.9. The largest absolute Gasteiger partial charge is 0.497 e. The summed E-state index contributed by atoms with van der Waals surface area (Å²) in [6.45, 7) is -0.107. The first-order valence-electron chi connectivity index (χ1n) is 8.14. The third kappa shape index (κ3) is 4.94. The smallest absolute Gasteiger partial charge is 0.331 e. The number of hydrogen-bond acceptors (Lipinski definition) is 7. The van der Waals surface area contributed by atoms with Gasteiger partial charge < -0.3 is 18.7 Å². The van der Waals surface area contributed by atoms with Crippen molar-refractivity contribution in [1.29, 1.82) is 0 Å². The molecule has 27 heavy (non-hydrogen) atoms. The van der Waals surface area contributed by atoms with Crippen LogP contribution in [0.2, 0.25) is 0 Å². The maximum absolute atomic E-state index is 11.8. The summed E-state index contributed by atoms with van der Waals surface area (Å²) < 4.78 is 20.5. The first kappa shape index (κ1) is 18.2. The number of esters is 1. The van der Waals surface area contributed by atoms with Crippen molar-refractivity contribution in [3.63, 3.8) is 0 Å². The maximum atomic E-state index is 11.8. The lowest BCUT2D eigenvalue weighted by atomic mass is 10.2. The molecule has 0 atom stereocenters. The van der Waals surface area contributed by atoms with Gasteiger partial charge >= 0.3 is 5.97 Å². The average Bonchev–Trinajstić information content (AvgIpc) is 3.20. The van der Waals surface area contributed by atoms with E-state index in [1.54, 1.807) is 32.4 Å². The van der Waals surface area contributed by atoms with Gasteiger partial charge in [-0.25, -0.2) is 4.79 Å². The van der Waals surface area contributed by atoms with E-state index in [4.69, 9.17) is 18.7 Å². The third-order valence-electron chi connectivity index (χ3n) is 3.66. The lowest BCUT2D eigenvalue weighted by molar-refractivity contribution is -0.139. The predicted molar refractivity (Wildman–Crippen MR) is 98.1 cm³/mol. The van der Waals surface area contributed by atoms with Crippen molar-refractivity contribution in [2.75, 3.05) is 14.2 Å². The van der Waals surface area contributed by atoms with Crippen LogP contribution in [0.3, 0.4) is 0 Å². The molecule has 0 aliphatic carbocycles. The molecule has 3 rings (SSSR count). The van der Waals surface area contributed by atoms with Crippen LogP contribution in [-0.4, -0.2) is 30.3 Å². The zero-order valence-corrected chi connectivity index (χ0v) is 14.9. The molecule has 0 unspecified atom stereocenters. The standard InChI is InChI=1S/C20H18N2O5/c1-24-16-9-7-15(8-10-16)20-21-18(27-22-20)13-26-19(23)11-6-14-4-3-5-17(12-14)25-2/h3-12H,13H2,1-2H3/b11-6+. The van der Waals surface area contributed by atoms with E-state index < -0.39 is 5.97 Å². The van der Waals surface area contributed by atoms with Crippen molar-refractivity contribution in [1.82, 2.24) is 10.1 Å². The highest BCUT2D eigenvalue weighted by Crippen LogP contribution is 2.20. The number of aromatic nitrogens is 2. The van der Waals surface area contributed by atoms with Gasteiger partial charge in [0.15, 0.2) is 6.61 Å². The molecule has 0 saturated carbocycles. The van der Waals surface area contributed by atoms with E-state index in [0.717, 1.165) is 16.9 Å². The Balaban J connectivity index is 1.55. The van der Waals surface area contributed by atoms with Crippen LogP contribution in [0.5, 0.6) is 11.5 Å². The first-order chi connectivity index (χ1) is 13.2. The second kappa shape index (κ2) is 8.66. The number of benzene rings is 2. The molecule has 0 spiro atoms. The number of ether oxygens (including phenoxy) is 3. The van der Waals surface area contributed by atoms with Gasteiger partial charge in [0.05, 0.1) is 14.2 Å². The van der Waals surface area contributed by atoms with Gasteiger partial charge in [-0.1, -0.05) is 17.3 Å². The summed E-state index contributed by atoms with van der Waals surface area (Å²) >= 11 is 0. The highest BCUT2D eigenvalue weighted by Gasteiger charge is 2.10. The van der Waals surface area contributed by atoms with E-state index in [-0.39, 0.29) is 12.5 Å². The summed E-state index contributed by atoms with van der Waals surface area (Å²) in [4.78, 5) is 16.1. The Labute approximate surface area is 156 Å². The number of methoxy groups -OCH3 is 2. The van der Waals surface area contributed by atoms with Gasteiger partial charge in [-0.3, -0.25) is 0 Å². The molecule has 0 aliphatic heterocycles. The van der Waals surface area contributed by atoms with E-state index in [0.29, 0.717) is 11.6 Å². The molecule has 3 aromatic rings. The van der Waals surface area contributed by atoms with E-state index in [2.05, 4.69) is 10.1 Å². The van der Waals surface area contributed by atoms with Crippen LogP contribution in [0.15, 0.2) is 59.1 Å². The molecule has 1 heterocycles. The van der Waals surface area contributed by atoms with Gasteiger partial charge in [0.1, 0.15) is 11.5 Å². The average molecular weight is 366 g/mol. The summed E-state index contributed by atoms with van der Waals surface area (Å²) in [5.41, 5.74) is 1.60. The molecular weight excluding hydrogens is 348 g/mol. The topological polar surface area (TPSA) is 83.7 Å². The molecule has 138 valence electrons. The second-order valence-electron chi connectivity index (χ2n) is 5.46. The van der Waals surface area contributed by atoms with E-state index in [1.165, 1.54) is 6.08 Å². The molecule has 0 fully saturated rings. The number of carbonyl (C=O) groups excluding carboxylic acids is 1. The van der Waals surface area contributed by atoms with Gasteiger partial charge in [-0.2, -0.15) is 4.98 Å². The zero-order chi connectivity index (χ0) is 19.1. The monoisotopic (exact) mass is 366 g/mol. The van der Waals surface area contributed by atoms with E-state index >= 15 is 0 Å². The summed E-state index contributed by atoms with van der Waals surface area (Å²) in [6.07, 6.45) is 2.97. The van der Waals surface area contributed by atoms with Crippen LogP contribution in [0.4, 0.5) is 0 Å². The van der Waals surface area contributed by atoms with Gasteiger partial charge in [-0.05, 0) is 48.0 Å². The van der Waals surface area contributed by atoms with Crippen LogP contribution in [0.1, 0.15) is 11.5 Å². The fourth-order valence-corrected chi connectivity index (χ4v) is 2.26. The minimum absolute atomic E-state index is 0.107. The molecule has 1 aromatic heterocycles. The lowest BCUT2D eigenvalue weighted by Crippen LogP contribution is -2.01. The maximum Gasteiger partial charge on any atom is 0.331 e. The van der Waals surface area contributed by atoms with Crippen molar-refractivity contribution < 1.29 is 23.5 Å². The van der Waals surface area contributed by atoms with Gasteiger partial charge in [0.25, 0.3) is 5.89 Å². The number of carbonyl (C=O) groups is 1. The van der Waals surface area contributed by atoms with Crippen molar-refractivity contribution in [3.05, 3.63) is 66.1 Å². The number of hydrogen-bond donors (Lipinski definition) is 0. The summed E-state index contributed by atoms with van der Waals surface area (Å²) in [6, 6.07) is 14.6. The Hall–Kier alpha value is -3.61. The molecule has 0 aliphatic rings. The molecule has 0 amide bonds. The minimum atomic E-state index is -0.512. The SMILES string of the molecule is COc1ccc(-c2noc(COC(=O)/C=C/c3cccc(OC)c3)n2)cc1. The molecule has 7 nitrogen and oxygen atoms in total. The highest BCUT2D eigenvalue weighted by molar-refractivity contribution is 5.87. The van der Waals surface area contributed by atoms with Gasteiger partial charge in [0.2, 0.25) is 5.82 Å². The Morgan fingerprint density at radius 3 is 2.59 bits per heavy atom. The third-order valence-corrected chi connectivity index (χ3v) is 3.66. The lowest BCUT2D eigenvalue weighted by Gasteiger charge is -2.00. The molecular formula is C20H18N2O5. The Morgan fingerprint density at radius 1 is 1.07 bits per heavy atom. The van der Waals surface area contributed by atoms with E-state index in [1.807, 2.05) is 36.4 Å². The van der Waals surface area contributed by atoms with Gasteiger partial charge in [-0.15, -0.1) is 0 Å². The van der Waals surface area contributed by atoms with Crippen molar-refractivity contribution in [2.45, 2.75) is 6.61 Å². The Morgan fingerprint density at radius 2 is 1.85 bits per heavy atom. The van der Waals surface area contributed by atoms with Crippen molar-refractivity contribution >= 4 is 12.0 Å². The molecule has 0 N–H and O–H groups in total. The van der Waals surface area contributed by atoms with Crippen molar-refractivity contribution in [3.8, 4) is 22.9 Å². The quantitative estimate of drug-likeness (QED) is 0.467. The number of nitrogens with zero attached hydrogens (tertiary/aromatic N) is 2. The first-order valence-corrected chi connectivity index (χ1v) is 8.14. The van der Waals surface area contributed by atoms with Gasteiger partial charge in [0, 0.05) is 11.6 Å². The predicted octanol–water partition coefficient (Wildman–Crippen LogP) is 3.51. The highest BCUT2D eigenvalue weighted by atomic mass is 16.6. The molecule has 2 aromatic carbocycles. The van der Waals surface area contributed by atoms with Crippen LogP contribution in [0.25, 0.3) is 17.5 Å². The summed E-state index contributed by atoms with van der Waals surface area (Å²) in [7, 11) is 3.18. The normalized spacial score (nSPS) is 10.7. The fourth-order valence-electron chi connectivity index (χ4n) is 2.26. The Bertz CT molecular complexity index is 932. The summed E-state index contributed by atoms with van der Waals surface area (Å²) in [5, 5.41) is 3.88. The van der Waals surface area contributed by atoms with Crippen LogP contribution in [0, 0.1) is 0 Å². The Kier molecular flexibility index (Phi) is 5.84. The number of rotatable bonds is 7. The fraction of sp³-hybridized carbons (Fsp3) is 0.150. The van der Waals surface area contributed by atoms with E-state index in [9.17, 15) is 4.79 Å². The molecule has 0 radical (unpaired) electrons. The van der Waals surface area contributed by atoms with Crippen LogP contribution in [-0.2, 0) is 16.1 Å². The van der Waals surface area contributed by atoms with Crippen LogP contribution >= 0.6 is 0 Å². The second-order valence-corrected chi connectivity index (χ2v) is 5.46. The molecule has 0 bridgehead atoms.